The Labute approximate surface area is 78.1 Å². The first kappa shape index (κ1) is 9.74. The third kappa shape index (κ3) is 3.25. The van der Waals surface area contributed by atoms with E-state index in [1.807, 2.05) is 31.2 Å². The lowest BCUT2D eigenvalue weighted by Crippen LogP contribution is -2.35. The standard InChI is InChI=1S/C10H14N2O/c1-8-3-5-9(6-4-8)7-10(13)12-11-2/h3-6,11H,7H2,1-2H3,(H,12,13). The topological polar surface area (TPSA) is 41.1 Å². The maximum atomic E-state index is 11.1. The third-order valence-corrected chi connectivity index (χ3v) is 1.75. The first-order valence-corrected chi connectivity index (χ1v) is 4.23. The van der Waals surface area contributed by atoms with Gasteiger partial charge >= 0.3 is 0 Å². The average molecular weight is 178 g/mol. The van der Waals surface area contributed by atoms with Crippen LogP contribution in [0, 0.1) is 6.92 Å². The minimum atomic E-state index is -0.0219. The van der Waals surface area contributed by atoms with Crippen LogP contribution in [0.5, 0.6) is 0 Å². The van der Waals surface area contributed by atoms with Crippen LogP contribution in [0.4, 0.5) is 0 Å². The van der Waals surface area contributed by atoms with Gasteiger partial charge in [-0.2, -0.15) is 0 Å². The quantitative estimate of drug-likeness (QED) is 0.672. The van der Waals surface area contributed by atoms with Crippen molar-refractivity contribution >= 4 is 5.91 Å². The molecular formula is C10H14N2O. The Morgan fingerprint density at radius 3 is 2.46 bits per heavy atom. The van der Waals surface area contributed by atoms with E-state index in [4.69, 9.17) is 0 Å². The van der Waals surface area contributed by atoms with Gasteiger partial charge in [-0.1, -0.05) is 29.8 Å². The predicted molar refractivity (Wildman–Crippen MR) is 52.1 cm³/mol. The van der Waals surface area contributed by atoms with Gasteiger partial charge in [-0.25, -0.2) is 5.43 Å². The molecule has 0 bridgehead atoms. The third-order valence-electron chi connectivity index (χ3n) is 1.75. The summed E-state index contributed by atoms with van der Waals surface area (Å²) in [5.41, 5.74) is 7.35. The number of carbonyl (C=O) groups excluding carboxylic acids is 1. The van der Waals surface area contributed by atoms with Crippen molar-refractivity contribution in [2.45, 2.75) is 13.3 Å². The molecule has 0 saturated carbocycles. The smallest absolute Gasteiger partial charge is 0.238 e. The van der Waals surface area contributed by atoms with Crippen molar-refractivity contribution in [1.29, 1.82) is 0 Å². The fourth-order valence-corrected chi connectivity index (χ4v) is 1.07. The van der Waals surface area contributed by atoms with Gasteiger partial charge in [0.1, 0.15) is 0 Å². The van der Waals surface area contributed by atoms with E-state index in [9.17, 15) is 4.79 Å². The van der Waals surface area contributed by atoms with Crippen LogP contribution in [-0.4, -0.2) is 13.0 Å². The monoisotopic (exact) mass is 178 g/mol. The molecule has 0 fully saturated rings. The Morgan fingerprint density at radius 1 is 1.31 bits per heavy atom. The van der Waals surface area contributed by atoms with Crippen LogP contribution in [0.2, 0.25) is 0 Å². The zero-order valence-electron chi connectivity index (χ0n) is 7.92. The van der Waals surface area contributed by atoms with Crippen LogP contribution in [0.25, 0.3) is 0 Å². The predicted octanol–water partition coefficient (Wildman–Crippen LogP) is 0.788. The second kappa shape index (κ2) is 4.62. The molecule has 0 spiro atoms. The minimum Gasteiger partial charge on any atom is -0.292 e. The number of nitrogens with one attached hydrogen (secondary N) is 2. The van der Waals surface area contributed by atoms with Crippen LogP contribution in [0.1, 0.15) is 11.1 Å². The van der Waals surface area contributed by atoms with Crippen molar-refractivity contribution < 1.29 is 4.79 Å². The van der Waals surface area contributed by atoms with E-state index < -0.39 is 0 Å². The molecule has 0 aromatic heterocycles. The van der Waals surface area contributed by atoms with Crippen molar-refractivity contribution in [2.75, 3.05) is 7.05 Å². The number of aryl methyl sites for hydroxylation is 1. The van der Waals surface area contributed by atoms with Gasteiger partial charge in [0.15, 0.2) is 0 Å². The molecule has 1 amide bonds. The highest BCUT2D eigenvalue weighted by molar-refractivity contribution is 5.77. The maximum Gasteiger partial charge on any atom is 0.238 e. The zero-order chi connectivity index (χ0) is 9.68. The first-order valence-electron chi connectivity index (χ1n) is 4.23. The molecular weight excluding hydrogens is 164 g/mol. The van der Waals surface area contributed by atoms with Crippen LogP contribution < -0.4 is 10.9 Å². The van der Waals surface area contributed by atoms with E-state index in [1.54, 1.807) is 7.05 Å². The van der Waals surface area contributed by atoms with E-state index in [0.29, 0.717) is 6.42 Å². The number of hydrazine groups is 1. The highest BCUT2D eigenvalue weighted by Gasteiger charge is 2.00. The number of benzene rings is 1. The lowest BCUT2D eigenvalue weighted by molar-refractivity contribution is -0.121. The van der Waals surface area contributed by atoms with E-state index in [1.165, 1.54) is 5.56 Å². The number of amides is 1. The first-order chi connectivity index (χ1) is 6.22. The van der Waals surface area contributed by atoms with Crippen LogP contribution >= 0.6 is 0 Å². The summed E-state index contributed by atoms with van der Waals surface area (Å²) in [6.45, 7) is 2.03. The van der Waals surface area contributed by atoms with Crippen molar-refractivity contribution in [3.63, 3.8) is 0 Å². The van der Waals surface area contributed by atoms with Gasteiger partial charge in [-0.15, -0.1) is 0 Å². The molecule has 0 unspecified atom stereocenters. The number of rotatable bonds is 3. The Balaban J connectivity index is 2.54. The minimum absolute atomic E-state index is 0.0219. The normalized spacial score (nSPS) is 9.69. The fraction of sp³-hybridized carbons (Fsp3) is 0.300. The van der Waals surface area contributed by atoms with Gasteiger partial charge in [0.05, 0.1) is 6.42 Å². The lowest BCUT2D eigenvalue weighted by atomic mass is 10.1. The lowest BCUT2D eigenvalue weighted by Gasteiger charge is -2.02. The average Bonchev–Trinajstić information content (AvgIpc) is 2.09. The molecule has 0 saturated heterocycles. The summed E-state index contributed by atoms with van der Waals surface area (Å²) >= 11 is 0. The molecule has 0 aliphatic heterocycles. The van der Waals surface area contributed by atoms with Gasteiger partial charge in [-0.05, 0) is 12.5 Å². The summed E-state index contributed by atoms with van der Waals surface area (Å²) < 4.78 is 0. The highest BCUT2D eigenvalue weighted by atomic mass is 16.2. The molecule has 3 heteroatoms. The van der Waals surface area contributed by atoms with Crippen molar-refractivity contribution in [1.82, 2.24) is 10.9 Å². The van der Waals surface area contributed by atoms with Gasteiger partial charge in [0.25, 0.3) is 0 Å². The van der Waals surface area contributed by atoms with Gasteiger partial charge in [0.2, 0.25) is 5.91 Å². The van der Waals surface area contributed by atoms with Crippen LogP contribution in [0.3, 0.4) is 0 Å². The number of carbonyl (C=O) groups is 1. The molecule has 0 aliphatic rings. The molecule has 1 aromatic carbocycles. The summed E-state index contributed by atoms with van der Waals surface area (Å²) in [7, 11) is 1.67. The molecule has 2 N–H and O–H groups in total. The molecule has 0 heterocycles. The van der Waals surface area contributed by atoms with E-state index in [2.05, 4.69) is 10.9 Å². The maximum absolute atomic E-state index is 11.1. The Morgan fingerprint density at radius 2 is 1.92 bits per heavy atom. The van der Waals surface area contributed by atoms with Gasteiger partial charge in [0, 0.05) is 7.05 Å². The summed E-state index contributed by atoms with van der Waals surface area (Å²) in [4.78, 5) is 11.1. The van der Waals surface area contributed by atoms with E-state index >= 15 is 0 Å². The van der Waals surface area contributed by atoms with Crippen LogP contribution in [-0.2, 0) is 11.2 Å². The van der Waals surface area contributed by atoms with Crippen molar-refractivity contribution in [3.8, 4) is 0 Å². The van der Waals surface area contributed by atoms with Crippen molar-refractivity contribution in [2.24, 2.45) is 0 Å². The summed E-state index contributed by atoms with van der Waals surface area (Å²) in [5.74, 6) is -0.0219. The second-order valence-corrected chi connectivity index (χ2v) is 2.96. The molecule has 3 nitrogen and oxygen atoms in total. The number of hydrogen-bond donors (Lipinski definition) is 2. The summed E-state index contributed by atoms with van der Waals surface area (Å²) in [6, 6.07) is 7.93. The summed E-state index contributed by atoms with van der Waals surface area (Å²) in [5, 5.41) is 0. The number of hydrogen-bond acceptors (Lipinski definition) is 2. The second-order valence-electron chi connectivity index (χ2n) is 2.96. The highest BCUT2D eigenvalue weighted by Crippen LogP contribution is 2.03. The van der Waals surface area contributed by atoms with Gasteiger partial charge < -0.3 is 0 Å². The molecule has 0 atom stereocenters. The molecule has 13 heavy (non-hydrogen) atoms. The molecule has 0 aliphatic carbocycles. The molecule has 70 valence electrons. The SMILES string of the molecule is CNNC(=O)Cc1ccc(C)cc1. The van der Waals surface area contributed by atoms with Crippen molar-refractivity contribution in [3.05, 3.63) is 35.4 Å². The van der Waals surface area contributed by atoms with Gasteiger partial charge in [-0.3, -0.25) is 10.2 Å². The fourth-order valence-electron chi connectivity index (χ4n) is 1.07. The van der Waals surface area contributed by atoms with E-state index in [0.717, 1.165) is 5.56 Å². The molecule has 0 radical (unpaired) electrons. The van der Waals surface area contributed by atoms with Crippen LogP contribution in [0.15, 0.2) is 24.3 Å². The Bertz CT molecular complexity index is 279. The Hall–Kier alpha value is -1.35. The molecule has 1 rings (SSSR count). The largest absolute Gasteiger partial charge is 0.292 e. The Kier molecular flexibility index (Phi) is 3.46. The molecule has 1 aromatic rings. The van der Waals surface area contributed by atoms with E-state index in [-0.39, 0.29) is 5.91 Å². The zero-order valence-corrected chi connectivity index (χ0v) is 7.92. The summed E-state index contributed by atoms with van der Waals surface area (Å²) in [6.07, 6.45) is 0.418.